The van der Waals surface area contributed by atoms with Gasteiger partial charge in [-0.15, -0.1) is 0 Å². The van der Waals surface area contributed by atoms with Crippen molar-refractivity contribution in [2.45, 2.75) is 26.4 Å². The highest BCUT2D eigenvalue weighted by atomic mass is 16.3. The number of aromatic nitrogens is 1. The van der Waals surface area contributed by atoms with Crippen LogP contribution in [-0.4, -0.2) is 27.8 Å². The Kier molecular flexibility index (Phi) is 4.80. The Bertz CT molecular complexity index is 1140. The number of fused-ring (bicyclic) bond motifs is 1. The molecule has 3 aromatic rings. The van der Waals surface area contributed by atoms with Crippen LogP contribution < -0.4 is 11.3 Å². The zero-order valence-corrected chi connectivity index (χ0v) is 16.1. The third-order valence-corrected chi connectivity index (χ3v) is 5.29. The molecule has 0 fully saturated rings. The molecule has 0 saturated carbocycles. The van der Waals surface area contributed by atoms with Crippen molar-refractivity contribution in [2.24, 2.45) is 5.73 Å². The summed E-state index contributed by atoms with van der Waals surface area (Å²) in [5, 5.41) is 0. The van der Waals surface area contributed by atoms with Crippen molar-refractivity contribution in [3.8, 4) is 0 Å². The number of nitrogens with zero attached hydrogens (tertiary/aromatic N) is 2. The molecule has 1 aliphatic rings. The summed E-state index contributed by atoms with van der Waals surface area (Å²) in [6, 6.07) is 11.1. The van der Waals surface area contributed by atoms with Crippen LogP contribution in [0, 0.1) is 6.92 Å². The lowest BCUT2D eigenvalue weighted by molar-refractivity contribution is 0.0732. The summed E-state index contributed by atoms with van der Waals surface area (Å²) in [5.74, 6) is -0.310. The van der Waals surface area contributed by atoms with E-state index in [0.29, 0.717) is 42.9 Å². The maximum atomic E-state index is 12.9. The Hall–Kier alpha value is -3.61. The van der Waals surface area contributed by atoms with Gasteiger partial charge in [0.05, 0.1) is 18.4 Å². The van der Waals surface area contributed by atoms with Gasteiger partial charge in [0.15, 0.2) is 0 Å². The van der Waals surface area contributed by atoms with E-state index in [1.54, 1.807) is 24.1 Å². The standard InChI is InChI=1S/C22H21N3O4/c1-14-17(8-10-29-14)21(27)24-9-7-18-16(12-24)13-25(22(28)19(18)20(23)26)11-15-5-3-2-4-6-15/h2-6,8,10,13H,7,9,11-12H2,1H3,(H2,23,26). The van der Waals surface area contributed by atoms with Crippen LogP contribution in [0.2, 0.25) is 0 Å². The van der Waals surface area contributed by atoms with Gasteiger partial charge >= 0.3 is 0 Å². The number of pyridine rings is 1. The molecule has 2 N–H and O–H groups in total. The van der Waals surface area contributed by atoms with Crippen molar-refractivity contribution in [1.29, 1.82) is 0 Å². The smallest absolute Gasteiger partial charge is 0.264 e. The molecular formula is C22H21N3O4. The molecule has 148 valence electrons. The molecule has 0 saturated heterocycles. The highest BCUT2D eigenvalue weighted by Gasteiger charge is 2.28. The summed E-state index contributed by atoms with van der Waals surface area (Å²) in [6.07, 6.45) is 3.62. The predicted octanol–water partition coefficient (Wildman–Crippen LogP) is 2.10. The van der Waals surface area contributed by atoms with Crippen molar-refractivity contribution in [3.63, 3.8) is 0 Å². The van der Waals surface area contributed by atoms with Gasteiger partial charge in [0, 0.05) is 19.3 Å². The third kappa shape index (κ3) is 3.47. The first-order valence-electron chi connectivity index (χ1n) is 9.38. The predicted molar refractivity (Wildman–Crippen MR) is 107 cm³/mol. The molecule has 2 aromatic heterocycles. The van der Waals surface area contributed by atoms with Gasteiger partial charge < -0.3 is 19.6 Å². The van der Waals surface area contributed by atoms with E-state index in [4.69, 9.17) is 10.2 Å². The first-order chi connectivity index (χ1) is 14.0. The topological polar surface area (TPSA) is 98.5 Å². The van der Waals surface area contributed by atoms with Crippen LogP contribution in [0.3, 0.4) is 0 Å². The monoisotopic (exact) mass is 391 g/mol. The van der Waals surface area contributed by atoms with Crippen molar-refractivity contribution in [1.82, 2.24) is 9.47 Å². The molecule has 2 amide bonds. The Morgan fingerprint density at radius 3 is 2.59 bits per heavy atom. The summed E-state index contributed by atoms with van der Waals surface area (Å²) in [5.41, 5.74) is 8.01. The molecule has 7 heteroatoms. The van der Waals surface area contributed by atoms with Gasteiger partial charge in [0.1, 0.15) is 11.3 Å². The van der Waals surface area contributed by atoms with E-state index in [1.807, 2.05) is 30.3 Å². The van der Waals surface area contributed by atoms with Crippen LogP contribution in [0.5, 0.6) is 0 Å². The second kappa shape index (κ2) is 7.43. The quantitative estimate of drug-likeness (QED) is 0.736. The minimum Gasteiger partial charge on any atom is -0.469 e. The van der Waals surface area contributed by atoms with Gasteiger partial charge in [0.25, 0.3) is 17.4 Å². The summed E-state index contributed by atoms with van der Waals surface area (Å²) in [6.45, 7) is 2.77. The van der Waals surface area contributed by atoms with Gasteiger partial charge in [-0.2, -0.15) is 0 Å². The SMILES string of the molecule is Cc1occc1C(=O)N1CCc2c(cn(Cc3ccccc3)c(=O)c2C(N)=O)C1. The highest BCUT2D eigenvalue weighted by molar-refractivity contribution is 5.96. The molecule has 7 nitrogen and oxygen atoms in total. The van der Waals surface area contributed by atoms with Gasteiger partial charge in [-0.25, -0.2) is 0 Å². The van der Waals surface area contributed by atoms with Gasteiger partial charge in [0.2, 0.25) is 0 Å². The van der Waals surface area contributed by atoms with Crippen LogP contribution in [0.15, 0.2) is 58.1 Å². The minimum absolute atomic E-state index is 0.0185. The fourth-order valence-electron chi connectivity index (χ4n) is 3.81. The average Bonchev–Trinajstić information content (AvgIpc) is 3.14. The second-order valence-electron chi connectivity index (χ2n) is 7.16. The first-order valence-corrected chi connectivity index (χ1v) is 9.38. The normalized spacial score (nSPS) is 13.2. The van der Waals surface area contributed by atoms with E-state index in [2.05, 4.69) is 0 Å². The molecule has 0 unspecified atom stereocenters. The lowest BCUT2D eigenvalue weighted by Crippen LogP contribution is -2.40. The third-order valence-electron chi connectivity index (χ3n) is 5.29. The van der Waals surface area contributed by atoms with Crippen molar-refractivity contribution in [3.05, 3.63) is 92.8 Å². The summed E-state index contributed by atoms with van der Waals surface area (Å²) in [7, 11) is 0. The maximum Gasteiger partial charge on any atom is 0.264 e. The fraction of sp³-hybridized carbons (Fsp3) is 0.227. The minimum atomic E-state index is -0.737. The lowest BCUT2D eigenvalue weighted by atomic mass is 9.95. The fourth-order valence-corrected chi connectivity index (χ4v) is 3.81. The van der Waals surface area contributed by atoms with Gasteiger partial charge in [-0.05, 0) is 36.1 Å². The summed E-state index contributed by atoms with van der Waals surface area (Å²) < 4.78 is 6.74. The molecule has 0 spiro atoms. The number of furan rings is 1. The molecule has 4 rings (SSSR count). The molecule has 1 aliphatic heterocycles. The molecule has 1 aromatic carbocycles. The van der Waals surface area contributed by atoms with Crippen LogP contribution in [0.25, 0.3) is 0 Å². The first kappa shape index (κ1) is 18.7. The highest BCUT2D eigenvalue weighted by Crippen LogP contribution is 2.23. The van der Waals surface area contributed by atoms with E-state index in [1.165, 1.54) is 10.8 Å². The van der Waals surface area contributed by atoms with Gasteiger partial charge in [-0.3, -0.25) is 14.4 Å². The Morgan fingerprint density at radius 2 is 1.93 bits per heavy atom. The summed E-state index contributed by atoms with van der Waals surface area (Å²) >= 11 is 0. The van der Waals surface area contributed by atoms with Crippen molar-refractivity contribution >= 4 is 11.8 Å². The van der Waals surface area contributed by atoms with Crippen molar-refractivity contribution in [2.75, 3.05) is 6.54 Å². The van der Waals surface area contributed by atoms with Gasteiger partial charge in [-0.1, -0.05) is 30.3 Å². The van der Waals surface area contributed by atoms with E-state index in [0.717, 1.165) is 11.1 Å². The number of benzene rings is 1. The number of carbonyl (C=O) groups excluding carboxylic acids is 2. The van der Waals surface area contributed by atoms with E-state index >= 15 is 0 Å². The molecule has 29 heavy (non-hydrogen) atoms. The second-order valence-corrected chi connectivity index (χ2v) is 7.16. The van der Waals surface area contributed by atoms with Crippen molar-refractivity contribution < 1.29 is 14.0 Å². The Balaban J connectivity index is 1.73. The summed E-state index contributed by atoms with van der Waals surface area (Å²) in [4.78, 5) is 39.5. The Labute approximate surface area is 167 Å². The number of primary amides is 1. The molecule has 0 bridgehead atoms. The molecule has 0 radical (unpaired) electrons. The van der Waals surface area contributed by atoms with Crippen LogP contribution >= 0.6 is 0 Å². The number of rotatable bonds is 4. The van der Waals surface area contributed by atoms with Crippen LogP contribution in [0.1, 0.15) is 43.2 Å². The van der Waals surface area contributed by atoms with Crippen LogP contribution in [-0.2, 0) is 19.5 Å². The van der Waals surface area contributed by atoms with E-state index < -0.39 is 11.5 Å². The largest absolute Gasteiger partial charge is 0.469 e. The van der Waals surface area contributed by atoms with E-state index in [9.17, 15) is 14.4 Å². The van der Waals surface area contributed by atoms with Crippen LogP contribution in [0.4, 0.5) is 0 Å². The number of nitrogens with two attached hydrogens (primary N) is 1. The molecular weight excluding hydrogens is 370 g/mol. The number of carbonyl (C=O) groups is 2. The Morgan fingerprint density at radius 1 is 1.17 bits per heavy atom. The number of amides is 2. The number of hydrogen-bond donors (Lipinski definition) is 1. The maximum absolute atomic E-state index is 12.9. The van der Waals surface area contributed by atoms with E-state index in [-0.39, 0.29) is 11.5 Å². The zero-order valence-electron chi connectivity index (χ0n) is 16.1. The molecule has 0 atom stereocenters. The number of hydrogen-bond acceptors (Lipinski definition) is 4. The molecule has 3 heterocycles. The average molecular weight is 391 g/mol. The molecule has 0 aliphatic carbocycles. The number of aryl methyl sites for hydroxylation is 1. The lowest BCUT2D eigenvalue weighted by Gasteiger charge is -2.30. The zero-order chi connectivity index (χ0) is 20.5.